The van der Waals surface area contributed by atoms with Crippen LogP contribution >= 0.6 is 0 Å². The van der Waals surface area contributed by atoms with Crippen molar-refractivity contribution in [3.63, 3.8) is 0 Å². The van der Waals surface area contributed by atoms with Gasteiger partial charge in [0.25, 0.3) is 0 Å². The van der Waals surface area contributed by atoms with Gasteiger partial charge in [0.15, 0.2) is 0 Å². The lowest BCUT2D eigenvalue weighted by Gasteiger charge is -2.31. The zero-order valence-corrected chi connectivity index (χ0v) is 20.1. The fraction of sp³-hybridized carbons (Fsp3) is 0.500. The largest absolute Gasteiger partial charge is 0.419 e. The highest BCUT2D eigenvalue weighted by Gasteiger charge is 2.36. The molecule has 0 bridgehead atoms. The first-order valence-corrected chi connectivity index (χ1v) is 11.5. The molecular formula is C24H31F3N6O2. The Kier molecular flexibility index (Phi) is 7.86. The highest BCUT2D eigenvalue weighted by Crippen LogP contribution is 2.30. The van der Waals surface area contributed by atoms with Gasteiger partial charge in [-0.1, -0.05) is 19.6 Å². The monoisotopic (exact) mass is 492 g/mol. The van der Waals surface area contributed by atoms with Gasteiger partial charge < -0.3 is 15.5 Å². The zero-order chi connectivity index (χ0) is 25.8. The fourth-order valence-corrected chi connectivity index (χ4v) is 3.69. The second kappa shape index (κ2) is 10.5. The minimum atomic E-state index is -4.50. The van der Waals surface area contributed by atoms with E-state index >= 15 is 0 Å². The summed E-state index contributed by atoms with van der Waals surface area (Å²) in [6.45, 7) is 9.28. The van der Waals surface area contributed by atoms with Crippen molar-refractivity contribution < 1.29 is 22.8 Å². The molecule has 0 saturated heterocycles. The van der Waals surface area contributed by atoms with Crippen LogP contribution in [0.25, 0.3) is 0 Å². The summed E-state index contributed by atoms with van der Waals surface area (Å²) < 4.78 is 39.9. The lowest BCUT2D eigenvalue weighted by Crippen LogP contribution is -2.55. The summed E-state index contributed by atoms with van der Waals surface area (Å²) in [4.78, 5) is 31.9. The number of nitrogens with one attached hydrogen (secondary N) is 2. The van der Waals surface area contributed by atoms with Crippen molar-refractivity contribution in [1.82, 2.24) is 25.3 Å². The van der Waals surface area contributed by atoms with E-state index in [4.69, 9.17) is 0 Å². The molecule has 1 fully saturated rings. The normalized spacial score (nSPS) is 17.5. The number of allylic oxidation sites excluding steroid dienone is 2. The van der Waals surface area contributed by atoms with E-state index in [-0.39, 0.29) is 24.8 Å². The first-order valence-electron chi connectivity index (χ1n) is 11.5. The average Bonchev–Trinajstić information content (AvgIpc) is 3.51. The molecule has 2 aliphatic rings. The van der Waals surface area contributed by atoms with Gasteiger partial charge in [-0.15, -0.1) is 0 Å². The van der Waals surface area contributed by atoms with E-state index in [1.807, 2.05) is 13.0 Å². The number of carbonyl (C=O) groups is 2. The molecule has 190 valence electrons. The van der Waals surface area contributed by atoms with Crippen LogP contribution in [0.15, 0.2) is 53.8 Å². The number of hydrogen-bond donors (Lipinski definition) is 2. The van der Waals surface area contributed by atoms with Gasteiger partial charge >= 0.3 is 6.18 Å². The van der Waals surface area contributed by atoms with Gasteiger partial charge in [0.1, 0.15) is 11.9 Å². The SMILES string of the molecule is C=C1N=CC=CN1/C(=C\CC)C[C@@H](NC(=O)C1CC1)C(=O)NC(C)(C)Cn1cc(C(F)(F)F)cn1. The van der Waals surface area contributed by atoms with Crippen LogP contribution in [0.3, 0.4) is 0 Å². The third-order valence-corrected chi connectivity index (χ3v) is 5.55. The highest BCUT2D eigenvalue weighted by atomic mass is 19.4. The molecule has 1 aromatic heterocycles. The van der Waals surface area contributed by atoms with Gasteiger partial charge in [-0.05, 0) is 39.2 Å². The number of rotatable bonds is 10. The van der Waals surface area contributed by atoms with E-state index in [1.165, 1.54) is 0 Å². The van der Waals surface area contributed by atoms with E-state index in [9.17, 15) is 22.8 Å². The maximum atomic E-state index is 13.3. The van der Waals surface area contributed by atoms with Crippen molar-refractivity contribution >= 4 is 18.0 Å². The Morgan fingerprint density at radius 1 is 1.31 bits per heavy atom. The third kappa shape index (κ3) is 7.30. The second-order valence-electron chi connectivity index (χ2n) is 9.35. The van der Waals surface area contributed by atoms with Gasteiger partial charge in [0, 0.05) is 36.6 Å². The fourth-order valence-electron chi connectivity index (χ4n) is 3.69. The number of amides is 2. The molecule has 0 unspecified atom stereocenters. The summed E-state index contributed by atoms with van der Waals surface area (Å²) >= 11 is 0. The number of halogens is 3. The summed E-state index contributed by atoms with van der Waals surface area (Å²) in [5, 5.41) is 9.49. The Labute approximate surface area is 202 Å². The van der Waals surface area contributed by atoms with Crippen LogP contribution in [0.2, 0.25) is 0 Å². The molecule has 1 saturated carbocycles. The average molecular weight is 493 g/mol. The highest BCUT2D eigenvalue weighted by molar-refractivity contribution is 5.90. The topological polar surface area (TPSA) is 91.6 Å². The first-order chi connectivity index (χ1) is 16.4. The zero-order valence-electron chi connectivity index (χ0n) is 20.1. The Morgan fingerprint density at radius 2 is 2.03 bits per heavy atom. The Bertz CT molecular complexity index is 1050. The van der Waals surface area contributed by atoms with Gasteiger partial charge in [-0.3, -0.25) is 14.3 Å². The Morgan fingerprint density at radius 3 is 2.60 bits per heavy atom. The lowest BCUT2D eigenvalue weighted by molar-refractivity contribution is -0.137. The Balaban J connectivity index is 1.75. The Hall–Kier alpha value is -3.37. The number of nitrogens with zero attached hydrogens (tertiary/aromatic N) is 4. The minimum Gasteiger partial charge on any atom is -0.348 e. The van der Waals surface area contributed by atoms with Crippen molar-refractivity contribution in [1.29, 1.82) is 0 Å². The first kappa shape index (κ1) is 26.2. The summed E-state index contributed by atoms with van der Waals surface area (Å²) in [5.74, 6) is -0.244. The van der Waals surface area contributed by atoms with Gasteiger partial charge in [0.2, 0.25) is 11.8 Å². The molecule has 2 heterocycles. The van der Waals surface area contributed by atoms with E-state index in [2.05, 4.69) is 27.3 Å². The summed E-state index contributed by atoms with van der Waals surface area (Å²) in [6, 6.07) is -0.893. The lowest BCUT2D eigenvalue weighted by atomic mass is 10.0. The van der Waals surface area contributed by atoms with Crippen molar-refractivity contribution in [2.75, 3.05) is 0 Å². The third-order valence-electron chi connectivity index (χ3n) is 5.55. The van der Waals surface area contributed by atoms with Crippen molar-refractivity contribution in [3.05, 3.63) is 54.4 Å². The van der Waals surface area contributed by atoms with Crippen LogP contribution in [0.5, 0.6) is 0 Å². The quantitative estimate of drug-likeness (QED) is 0.521. The summed E-state index contributed by atoms with van der Waals surface area (Å²) in [5.41, 5.74) is -1.05. The molecule has 11 heteroatoms. The standard InChI is InChI=1S/C24H31F3N6O2/c1-5-7-19(33-11-6-10-28-16(33)2)12-20(30-21(34)17-8-9-17)22(35)31-23(3,4)15-32-14-18(13-29-32)24(25,26)27/h6-7,10-11,13-14,17,20H,2,5,8-9,12,15H2,1,3-4H3,(H,30,34)(H,31,35)/b19-7-/t20-/m1/s1. The molecule has 2 N–H and O–H groups in total. The molecule has 35 heavy (non-hydrogen) atoms. The number of aliphatic imine (C=N–C) groups is 1. The van der Waals surface area contributed by atoms with E-state index in [1.54, 1.807) is 37.2 Å². The maximum absolute atomic E-state index is 13.3. The molecule has 1 atom stereocenters. The molecular weight excluding hydrogens is 461 g/mol. The van der Waals surface area contributed by atoms with E-state index < -0.39 is 29.2 Å². The van der Waals surface area contributed by atoms with Gasteiger partial charge in [-0.25, -0.2) is 4.99 Å². The molecule has 1 aliphatic carbocycles. The number of hydrogen-bond acceptors (Lipinski definition) is 5. The number of aromatic nitrogens is 2. The second-order valence-corrected chi connectivity index (χ2v) is 9.35. The smallest absolute Gasteiger partial charge is 0.348 e. The molecule has 0 radical (unpaired) electrons. The molecule has 1 aromatic rings. The molecule has 1 aliphatic heterocycles. The van der Waals surface area contributed by atoms with E-state index in [0.29, 0.717) is 12.2 Å². The predicted octanol–water partition coefficient (Wildman–Crippen LogP) is 3.75. The van der Waals surface area contributed by atoms with Crippen LogP contribution in [-0.2, 0) is 22.3 Å². The van der Waals surface area contributed by atoms with Crippen LogP contribution in [-0.4, -0.2) is 44.3 Å². The minimum absolute atomic E-state index is 0.0101. The summed E-state index contributed by atoms with van der Waals surface area (Å²) in [7, 11) is 0. The molecule has 0 aromatic carbocycles. The van der Waals surface area contributed by atoms with Crippen LogP contribution < -0.4 is 10.6 Å². The summed E-state index contributed by atoms with van der Waals surface area (Å²) in [6.07, 6.45) is 6.68. The van der Waals surface area contributed by atoms with Crippen molar-refractivity contribution in [2.24, 2.45) is 10.9 Å². The van der Waals surface area contributed by atoms with Crippen molar-refractivity contribution in [3.8, 4) is 0 Å². The van der Waals surface area contributed by atoms with Crippen LogP contribution in [0.1, 0.15) is 52.0 Å². The number of alkyl halides is 3. The van der Waals surface area contributed by atoms with Gasteiger partial charge in [-0.2, -0.15) is 18.3 Å². The number of carbonyl (C=O) groups excluding carboxylic acids is 2. The molecule has 8 nitrogen and oxygen atoms in total. The maximum Gasteiger partial charge on any atom is 0.419 e. The van der Waals surface area contributed by atoms with Crippen LogP contribution in [0, 0.1) is 5.92 Å². The molecule has 3 rings (SSSR count). The van der Waals surface area contributed by atoms with Gasteiger partial charge in [0.05, 0.1) is 23.8 Å². The van der Waals surface area contributed by atoms with E-state index in [0.717, 1.165) is 35.6 Å². The van der Waals surface area contributed by atoms with Crippen molar-refractivity contribution in [2.45, 2.75) is 70.8 Å². The van der Waals surface area contributed by atoms with Crippen LogP contribution in [0.4, 0.5) is 13.2 Å². The molecule has 2 amide bonds. The molecule has 0 spiro atoms. The predicted molar refractivity (Wildman–Crippen MR) is 126 cm³/mol.